The van der Waals surface area contributed by atoms with Crippen molar-refractivity contribution in [2.45, 2.75) is 38.5 Å². The SMILES string of the molecule is CC12CCC(/C(=C/c3ccc(S(=O)(=O)O)cc3)C1=O)C2(C)C. The lowest BCUT2D eigenvalue weighted by atomic mass is 9.70. The first-order valence-corrected chi connectivity index (χ1v) is 8.85. The molecule has 0 aliphatic heterocycles. The van der Waals surface area contributed by atoms with Crippen molar-refractivity contribution in [1.29, 1.82) is 0 Å². The summed E-state index contributed by atoms with van der Waals surface area (Å²) in [4.78, 5) is 12.6. The Morgan fingerprint density at radius 3 is 2.23 bits per heavy atom. The van der Waals surface area contributed by atoms with Gasteiger partial charge in [0.25, 0.3) is 10.1 Å². The Kier molecular flexibility index (Phi) is 3.17. The molecule has 1 aromatic carbocycles. The van der Waals surface area contributed by atoms with E-state index in [0.717, 1.165) is 24.0 Å². The molecule has 0 spiro atoms. The average molecular weight is 320 g/mol. The van der Waals surface area contributed by atoms with Crippen molar-refractivity contribution in [2.24, 2.45) is 16.7 Å². The molecule has 0 radical (unpaired) electrons. The third kappa shape index (κ3) is 1.99. The van der Waals surface area contributed by atoms with Gasteiger partial charge in [0, 0.05) is 5.41 Å². The Labute approximate surface area is 131 Å². The number of hydrogen-bond acceptors (Lipinski definition) is 3. The smallest absolute Gasteiger partial charge is 0.294 e. The van der Waals surface area contributed by atoms with Gasteiger partial charge in [-0.05, 0) is 53.5 Å². The van der Waals surface area contributed by atoms with E-state index in [1.807, 2.05) is 6.08 Å². The largest absolute Gasteiger partial charge is 0.294 e. The normalized spacial score (nSPS) is 31.9. The lowest BCUT2D eigenvalue weighted by molar-refractivity contribution is -0.125. The zero-order valence-corrected chi connectivity index (χ0v) is 13.8. The highest BCUT2D eigenvalue weighted by atomic mass is 32.2. The van der Waals surface area contributed by atoms with Crippen molar-refractivity contribution in [3.63, 3.8) is 0 Å². The van der Waals surface area contributed by atoms with E-state index in [1.54, 1.807) is 12.1 Å². The molecule has 3 rings (SSSR count). The molecular weight excluding hydrogens is 300 g/mol. The summed E-state index contributed by atoms with van der Waals surface area (Å²) in [6.45, 7) is 6.37. The summed E-state index contributed by atoms with van der Waals surface area (Å²) < 4.78 is 31.1. The summed E-state index contributed by atoms with van der Waals surface area (Å²) in [7, 11) is -4.18. The number of allylic oxidation sites excluding steroid dienone is 1. The molecule has 0 amide bonds. The Morgan fingerprint density at radius 2 is 1.77 bits per heavy atom. The Hall–Kier alpha value is -1.46. The first kappa shape index (κ1) is 15.4. The number of fused-ring (bicyclic) bond motifs is 2. The zero-order chi connectivity index (χ0) is 16.3. The lowest BCUT2D eigenvalue weighted by Gasteiger charge is -2.31. The van der Waals surface area contributed by atoms with E-state index in [0.29, 0.717) is 0 Å². The van der Waals surface area contributed by atoms with E-state index in [2.05, 4.69) is 20.8 Å². The highest BCUT2D eigenvalue weighted by Crippen LogP contribution is 2.65. The van der Waals surface area contributed by atoms with Gasteiger partial charge in [0.15, 0.2) is 5.78 Å². The highest BCUT2D eigenvalue weighted by Gasteiger charge is 2.63. The molecule has 2 unspecified atom stereocenters. The summed E-state index contributed by atoms with van der Waals surface area (Å²) in [5.41, 5.74) is 1.29. The summed E-state index contributed by atoms with van der Waals surface area (Å²) in [6.07, 6.45) is 3.82. The van der Waals surface area contributed by atoms with Crippen LogP contribution < -0.4 is 0 Å². The number of benzene rings is 1. The third-order valence-corrected chi connectivity index (χ3v) is 6.73. The van der Waals surface area contributed by atoms with Crippen LogP contribution in [0.1, 0.15) is 39.2 Å². The molecule has 2 fully saturated rings. The van der Waals surface area contributed by atoms with Gasteiger partial charge in [0.1, 0.15) is 0 Å². The van der Waals surface area contributed by atoms with Gasteiger partial charge in [-0.2, -0.15) is 8.42 Å². The number of Topliss-reactive ketones (excluding diaryl/α,β-unsaturated/α-hetero) is 1. The predicted octanol–water partition coefficient (Wildman–Crippen LogP) is 3.34. The van der Waals surface area contributed by atoms with Gasteiger partial charge >= 0.3 is 0 Å². The summed E-state index contributed by atoms with van der Waals surface area (Å²) in [5, 5.41) is 0. The summed E-state index contributed by atoms with van der Waals surface area (Å²) in [5.74, 6) is 0.471. The van der Waals surface area contributed by atoms with Gasteiger partial charge in [0.2, 0.25) is 0 Å². The first-order valence-electron chi connectivity index (χ1n) is 7.41. The molecule has 2 bridgehead atoms. The molecule has 2 aliphatic rings. The number of hydrogen-bond donors (Lipinski definition) is 1. The second-order valence-electron chi connectivity index (χ2n) is 7.12. The van der Waals surface area contributed by atoms with Crippen LogP contribution in [0.4, 0.5) is 0 Å². The molecule has 2 atom stereocenters. The van der Waals surface area contributed by atoms with E-state index >= 15 is 0 Å². The van der Waals surface area contributed by atoms with Gasteiger partial charge in [0.05, 0.1) is 4.90 Å². The molecule has 0 aromatic heterocycles. The van der Waals surface area contributed by atoms with Crippen LogP contribution in [-0.2, 0) is 14.9 Å². The average Bonchev–Trinajstić information content (AvgIpc) is 2.73. The Bertz CT molecular complexity index is 771. The molecule has 0 heterocycles. The third-order valence-electron chi connectivity index (χ3n) is 5.87. The van der Waals surface area contributed by atoms with Crippen LogP contribution in [0.5, 0.6) is 0 Å². The minimum absolute atomic E-state index is 0.0374. The van der Waals surface area contributed by atoms with E-state index < -0.39 is 10.1 Å². The van der Waals surface area contributed by atoms with Crippen molar-refractivity contribution < 1.29 is 17.8 Å². The molecule has 22 heavy (non-hydrogen) atoms. The molecule has 2 aliphatic carbocycles. The molecule has 2 saturated carbocycles. The van der Waals surface area contributed by atoms with Gasteiger partial charge < -0.3 is 0 Å². The van der Waals surface area contributed by atoms with Crippen molar-refractivity contribution in [3.05, 3.63) is 35.4 Å². The van der Waals surface area contributed by atoms with Crippen LogP contribution in [0.15, 0.2) is 34.7 Å². The molecule has 1 N–H and O–H groups in total. The van der Waals surface area contributed by atoms with E-state index in [1.165, 1.54) is 12.1 Å². The fraction of sp³-hybridized carbons (Fsp3) is 0.471. The number of carbonyl (C=O) groups is 1. The van der Waals surface area contributed by atoms with Gasteiger partial charge in [-0.15, -0.1) is 0 Å². The minimum Gasteiger partial charge on any atom is -0.294 e. The monoisotopic (exact) mass is 320 g/mol. The molecular formula is C17H20O4S. The van der Waals surface area contributed by atoms with Crippen LogP contribution in [0.25, 0.3) is 6.08 Å². The van der Waals surface area contributed by atoms with Gasteiger partial charge in [-0.1, -0.05) is 32.9 Å². The standard InChI is InChI=1S/C17H20O4S/c1-16(2)14-8-9-17(16,3)15(18)13(14)10-11-4-6-12(7-5-11)22(19,20)21/h4-7,10,14H,8-9H2,1-3H3,(H,19,20,21)/b13-10-. The van der Waals surface area contributed by atoms with Gasteiger partial charge in [-0.25, -0.2) is 0 Å². The molecule has 5 heteroatoms. The van der Waals surface area contributed by atoms with Crippen molar-refractivity contribution in [2.75, 3.05) is 0 Å². The second kappa shape index (κ2) is 4.52. The van der Waals surface area contributed by atoms with Crippen LogP contribution >= 0.6 is 0 Å². The maximum absolute atomic E-state index is 12.7. The van der Waals surface area contributed by atoms with E-state index in [-0.39, 0.29) is 27.4 Å². The second-order valence-corrected chi connectivity index (χ2v) is 8.54. The molecule has 4 nitrogen and oxygen atoms in total. The lowest BCUT2D eigenvalue weighted by Crippen LogP contribution is -2.32. The Morgan fingerprint density at radius 1 is 1.18 bits per heavy atom. The Balaban J connectivity index is 1.99. The predicted molar refractivity (Wildman–Crippen MR) is 83.9 cm³/mol. The zero-order valence-electron chi connectivity index (χ0n) is 13.0. The number of carbonyl (C=O) groups excluding carboxylic acids is 1. The van der Waals surface area contributed by atoms with Crippen LogP contribution in [-0.4, -0.2) is 18.8 Å². The molecule has 1 aromatic rings. The number of rotatable bonds is 2. The van der Waals surface area contributed by atoms with Crippen LogP contribution in [0.3, 0.4) is 0 Å². The summed E-state index contributed by atoms with van der Waals surface area (Å²) in [6, 6.07) is 5.94. The first-order chi connectivity index (χ1) is 10.1. The summed E-state index contributed by atoms with van der Waals surface area (Å²) >= 11 is 0. The fourth-order valence-electron chi connectivity index (χ4n) is 4.01. The van der Waals surface area contributed by atoms with Gasteiger partial charge in [-0.3, -0.25) is 9.35 Å². The van der Waals surface area contributed by atoms with Crippen molar-refractivity contribution in [1.82, 2.24) is 0 Å². The molecule has 118 valence electrons. The topological polar surface area (TPSA) is 71.4 Å². The molecule has 0 saturated heterocycles. The quantitative estimate of drug-likeness (QED) is 0.670. The minimum atomic E-state index is -4.18. The van der Waals surface area contributed by atoms with Crippen LogP contribution in [0, 0.1) is 16.7 Å². The van der Waals surface area contributed by atoms with E-state index in [4.69, 9.17) is 4.55 Å². The van der Waals surface area contributed by atoms with Crippen LogP contribution in [0.2, 0.25) is 0 Å². The highest BCUT2D eigenvalue weighted by molar-refractivity contribution is 7.85. The van der Waals surface area contributed by atoms with Crippen molar-refractivity contribution >= 4 is 22.0 Å². The fourth-order valence-corrected chi connectivity index (χ4v) is 4.49. The van der Waals surface area contributed by atoms with E-state index in [9.17, 15) is 13.2 Å². The number of ketones is 1. The van der Waals surface area contributed by atoms with Crippen molar-refractivity contribution in [3.8, 4) is 0 Å². The maximum Gasteiger partial charge on any atom is 0.294 e. The maximum atomic E-state index is 12.7.